The lowest BCUT2D eigenvalue weighted by Crippen LogP contribution is -2.38. The van der Waals surface area contributed by atoms with Gasteiger partial charge in [0.05, 0.1) is 26.4 Å². The van der Waals surface area contributed by atoms with Gasteiger partial charge in [0.2, 0.25) is 0 Å². The van der Waals surface area contributed by atoms with Crippen LogP contribution in [0.5, 0.6) is 0 Å². The van der Waals surface area contributed by atoms with Gasteiger partial charge in [0.25, 0.3) is 0 Å². The maximum Gasteiger partial charge on any atom is 0.407 e. The number of ether oxygens (including phenoxy) is 2. The second kappa shape index (κ2) is 21.8. The first-order valence-corrected chi connectivity index (χ1v) is 30.5. The van der Waals surface area contributed by atoms with Crippen LogP contribution in [-0.2, 0) is 35.6 Å². The first-order chi connectivity index (χ1) is 35.5. The number of carbonyl (C=O) groups excluding carboxylic acids is 2. The molecule has 0 spiro atoms. The van der Waals surface area contributed by atoms with E-state index in [1.807, 2.05) is 76.5 Å². The molecule has 0 aliphatic heterocycles. The Labute approximate surface area is 439 Å². The van der Waals surface area contributed by atoms with Gasteiger partial charge < -0.3 is 30.7 Å². The first kappa shape index (κ1) is 51.6. The number of hydrogen-bond acceptors (Lipinski definition) is 16. The predicted molar refractivity (Wildman–Crippen MR) is 286 cm³/mol. The molecule has 74 heavy (non-hydrogen) atoms. The maximum absolute atomic E-state index is 13.9. The zero-order chi connectivity index (χ0) is 51.7. The molecule has 0 bridgehead atoms. The Hall–Kier alpha value is -5.84. The SMILES string of the molecule is Cc1cc(Nc2ccc(-c3ncc([C@H]4CC[C@H](NC(=O)OC(C)CCc5cc(Nc6ccc(-c7ncc(C8CCC(NC(=O)OC(C)C)CC8)s7)c(S(=O)(=O)C7CC7)c6)n[nH]5)CC4)s3)c(S(=O)(=O)C3CC3)c2)n[nH]1. The number of nitrogens with zero attached hydrogens (tertiary/aromatic N) is 4. The highest BCUT2D eigenvalue weighted by atomic mass is 32.2. The summed E-state index contributed by atoms with van der Waals surface area (Å²) >= 11 is 3.07. The number of H-pyrrole nitrogens is 2. The summed E-state index contributed by atoms with van der Waals surface area (Å²) in [7, 11) is -7.12. The topological polar surface area (TPSA) is 252 Å². The van der Waals surface area contributed by atoms with E-state index in [9.17, 15) is 26.4 Å². The number of nitrogens with one attached hydrogen (secondary N) is 6. The van der Waals surface area contributed by atoms with E-state index in [-0.39, 0.29) is 57.3 Å². The number of sulfone groups is 2. The van der Waals surface area contributed by atoms with Crippen LogP contribution in [0.25, 0.3) is 21.1 Å². The number of amides is 2. The summed E-state index contributed by atoms with van der Waals surface area (Å²) in [4.78, 5) is 37.4. The van der Waals surface area contributed by atoms with Crippen LogP contribution in [0, 0.1) is 6.92 Å². The average Bonchev–Trinajstić information content (AvgIpc) is 4.21. The van der Waals surface area contributed by atoms with Crippen molar-refractivity contribution in [3.8, 4) is 21.1 Å². The minimum atomic E-state index is -3.59. The van der Waals surface area contributed by atoms with Crippen molar-refractivity contribution in [3.63, 3.8) is 0 Å². The van der Waals surface area contributed by atoms with E-state index >= 15 is 0 Å². The molecule has 18 nitrogen and oxygen atoms in total. The molecular formula is C52H64N10O8S4. The molecule has 0 saturated heterocycles. The summed E-state index contributed by atoms with van der Waals surface area (Å²) < 4.78 is 66.1. The van der Waals surface area contributed by atoms with Crippen LogP contribution in [0.4, 0.5) is 32.6 Å². The number of aromatic amines is 2. The van der Waals surface area contributed by atoms with E-state index in [0.717, 1.165) is 72.5 Å². The minimum absolute atomic E-state index is 0.0236. The summed E-state index contributed by atoms with van der Waals surface area (Å²) in [6, 6.07) is 14.5. The fourth-order valence-corrected chi connectivity index (χ4v) is 16.1. The van der Waals surface area contributed by atoms with Crippen LogP contribution in [-0.4, -0.2) is 94.2 Å². The van der Waals surface area contributed by atoms with Crippen molar-refractivity contribution in [2.24, 2.45) is 0 Å². The summed E-state index contributed by atoms with van der Waals surface area (Å²) in [5, 5.41) is 27.8. The van der Waals surface area contributed by atoms with Gasteiger partial charge in [0, 0.05) is 80.3 Å². The third kappa shape index (κ3) is 12.3. The Balaban J connectivity index is 0.691. The van der Waals surface area contributed by atoms with Gasteiger partial charge in [-0.2, -0.15) is 10.2 Å². The van der Waals surface area contributed by atoms with Gasteiger partial charge in [-0.1, -0.05) is 0 Å². The molecule has 4 aliphatic rings. The molecule has 0 radical (unpaired) electrons. The highest BCUT2D eigenvalue weighted by Gasteiger charge is 2.40. The van der Waals surface area contributed by atoms with Gasteiger partial charge in [-0.05, 0) is 166 Å². The fourth-order valence-electron chi connectivity index (χ4n) is 9.93. The van der Waals surface area contributed by atoms with Gasteiger partial charge in [-0.15, -0.1) is 22.7 Å². The number of benzene rings is 2. The predicted octanol–water partition coefficient (Wildman–Crippen LogP) is 11.0. The van der Waals surface area contributed by atoms with Crippen LogP contribution >= 0.6 is 22.7 Å². The second-order valence-corrected chi connectivity index (χ2v) is 27.1. The molecule has 2 aromatic carbocycles. The first-order valence-electron chi connectivity index (χ1n) is 25.8. The van der Waals surface area contributed by atoms with Gasteiger partial charge in [-0.3, -0.25) is 10.2 Å². The highest BCUT2D eigenvalue weighted by Crippen LogP contribution is 2.45. The number of rotatable bonds is 19. The second-order valence-electron chi connectivity index (χ2n) is 20.6. The number of alkyl carbamates (subject to hydrolysis) is 2. The van der Waals surface area contributed by atoms with Crippen molar-refractivity contribution < 1.29 is 35.9 Å². The number of thiazole rings is 2. The molecule has 4 fully saturated rings. The maximum atomic E-state index is 13.9. The standard InChI is InChI=1S/C52H64N10O8S4/c1-29(2)69-51(63)57-34-11-6-32(7-12-34)43-27-54-50(71-43)42-22-16-37(25-46(42)74(67,68)40-19-20-40)56-48-26-38(60-62-48)10-5-31(4)70-52(64)58-35-13-8-33(9-14-35)44-28-53-49(72-44)41-21-15-36(55-47-23-30(3)59-61-47)24-45(41)73(65,66)39-17-18-39/h15-16,21-29,31-35,39-40H,5-14,17-20H2,1-4H3,(H,57,63)(H,58,64)(H2,55,59,61)(H2,56,60,62)/t31?,32?,33-,34?,35-. The lowest BCUT2D eigenvalue weighted by atomic mass is 9.85. The third-order valence-electron chi connectivity index (χ3n) is 14.3. The van der Waals surface area contributed by atoms with Crippen molar-refractivity contribution in [3.05, 3.63) is 82.1 Å². The Morgan fingerprint density at radius 2 is 1.11 bits per heavy atom. The van der Waals surface area contributed by atoms with Crippen LogP contribution in [0.15, 0.2) is 70.7 Å². The summed E-state index contributed by atoms with van der Waals surface area (Å²) in [5.41, 5.74) is 4.18. The number of aromatic nitrogens is 6. The number of anilines is 4. The van der Waals surface area contributed by atoms with E-state index in [4.69, 9.17) is 19.4 Å². The monoisotopic (exact) mass is 1080 g/mol. The molecule has 6 N–H and O–H groups in total. The average molecular weight is 1090 g/mol. The molecule has 4 aromatic heterocycles. The van der Waals surface area contributed by atoms with E-state index < -0.39 is 31.0 Å². The number of aryl methyl sites for hydroxylation is 2. The van der Waals surface area contributed by atoms with Crippen molar-refractivity contribution in [2.75, 3.05) is 10.6 Å². The smallest absolute Gasteiger partial charge is 0.407 e. The van der Waals surface area contributed by atoms with Crippen molar-refractivity contribution in [1.29, 1.82) is 0 Å². The summed E-state index contributed by atoms with van der Waals surface area (Å²) in [6.07, 6.45) is 12.8. The molecule has 22 heteroatoms. The molecule has 1 atom stereocenters. The Morgan fingerprint density at radius 3 is 1.57 bits per heavy atom. The van der Waals surface area contributed by atoms with Gasteiger partial charge in [-0.25, -0.2) is 36.4 Å². The zero-order valence-electron chi connectivity index (χ0n) is 42.0. The minimum Gasteiger partial charge on any atom is -0.447 e. The molecule has 394 valence electrons. The van der Waals surface area contributed by atoms with Crippen LogP contribution in [0.1, 0.15) is 137 Å². The van der Waals surface area contributed by atoms with Crippen LogP contribution in [0.3, 0.4) is 0 Å². The zero-order valence-corrected chi connectivity index (χ0v) is 45.2. The normalized spacial score (nSPS) is 20.7. The number of carbonyl (C=O) groups is 2. The molecule has 10 rings (SSSR count). The molecule has 1 unspecified atom stereocenters. The van der Waals surface area contributed by atoms with Crippen molar-refractivity contribution in [1.82, 2.24) is 41.0 Å². The van der Waals surface area contributed by atoms with Crippen molar-refractivity contribution in [2.45, 2.75) is 174 Å². The highest BCUT2D eigenvalue weighted by molar-refractivity contribution is 7.92. The molecule has 4 heterocycles. The number of hydrogen-bond donors (Lipinski definition) is 6. The molecule has 2 amide bonds. The fraction of sp³-hybridized carbons (Fsp3) is 0.500. The van der Waals surface area contributed by atoms with Gasteiger partial charge in [0.15, 0.2) is 31.3 Å². The van der Waals surface area contributed by atoms with Gasteiger partial charge in [0.1, 0.15) is 16.1 Å². The van der Waals surface area contributed by atoms with E-state index in [0.29, 0.717) is 82.7 Å². The summed E-state index contributed by atoms with van der Waals surface area (Å²) in [6.45, 7) is 7.43. The Bertz CT molecular complexity index is 3200. The van der Waals surface area contributed by atoms with E-state index in [2.05, 4.69) is 41.7 Å². The lowest BCUT2D eigenvalue weighted by Gasteiger charge is -2.28. The molecule has 4 aliphatic carbocycles. The quantitative estimate of drug-likeness (QED) is 0.0441. The van der Waals surface area contributed by atoms with E-state index in [1.54, 1.807) is 12.1 Å². The van der Waals surface area contributed by atoms with Crippen molar-refractivity contribution >= 4 is 77.5 Å². The summed E-state index contributed by atoms with van der Waals surface area (Å²) in [5.74, 6) is 1.68. The molecule has 6 aromatic rings. The third-order valence-corrected chi connectivity index (χ3v) is 21.3. The lowest BCUT2D eigenvalue weighted by molar-refractivity contribution is 0.0968. The Morgan fingerprint density at radius 1 is 0.635 bits per heavy atom. The van der Waals surface area contributed by atoms with Crippen LogP contribution < -0.4 is 21.3 Å². The molecular weight excluding hydrogens is 1020 g/mol. The van der Waals surface area contributed by atoms with Crippen LogP contribution in [0.2, 0.25) is 0 Å². The van der Waals surface area contributed by atoms with E-state index in [1.165, 1.54) is 22.7 Å². The van der Waals surface area contributed by atoms with Gasteiger partial charge >= 0.3 is 12.2 Å². The Kier molecular flexibility index (Phi) is 15.2. The largest absolute Gasteiger partial charge is 0.447 e. The molecule has 4 saturated carbocycles.